The number of carbonyl (C=O) groups excluding carboxylic acids is 1. The summed E-state index contributed by atoms with van der Waals surface area (Å²) in [5, 5.41) is 6.13. The Morgan fingerprint density at radius 1 is 1.53 bits per heavy atom. The molecule has 19 heavy (non-hydrogen) atoms. The fourth-order valence-corrected chi connectivity index (χ4v) is 2.34. The summed E-state index contributed by atoms with van der Waals surface area (Å²) in [4.78, 5) is 11.9. The summed E-state index contributed by atoms with van der Waals surface area (Å²) < 4.78 is 5.59. The number of aryl methyl sites for hydroxylation is 1. The van der Waals surface area contributed by atoms with Crippen LogP contribution in [-0.4, -0.2) is 31.6 Å². The molecule has 1 amide bonds. The molecule has 4 nitrogen and oxygen atoms in total. The van der Waals surface area contributed by atoms with Gasteiger partial charge in [-0.15, -0.1) is 0 Å². The van der Waals surface area contributed by atoms with Gasteiger partial charge in [-0.1, -0.05) is 19.1 Å². The molecule has 1 aliphatic rings. The van der Waals surface area contributed by atoms with Gasteiger partial charge in [-0.3, -0.25) is 4.79 Å². The van der Waals surface area contributed by atoms with Crippen molar-refractivity contribution in [1.82, 2.24) is 10.6 Å². The Bertz CT molecular complexity index is 434. The first-order valence-electron chi connectivity index (χ1n) is 6.87. The van der Waals surface area contributed by atoms with Gasteiger partial charge in [0.05, 0.1) is 12.6 Å². The molecule has 2 rings (SSSR count). The first-order valence-corrected chi connectivity index (χ1v) is 6.87. The second-order valence-electron chi connectivity index (χ2n) is 5.15. The van der Waals surface area contributed by atoms with Gasteiger partial charge in [-0.25, -0.2) is 0 Å². The number of benzene rings is 1. The van der Waals surface area contributed by atoms with Gasteiger partial charge in [0.2, 0.25) is 5.91 Å². The molecule has 0 aromatic heterocycles. The molecule has 0 aliphatic carbocycles. The van der Waals surface area contributed by atoms with E-state index < -0.39 is 0 Å². The third kappa shape index (κ3) is 3.96. The number of hydrogen-bond acceptors (Lipinski definition) is 3. The highest BCUT2D eigenvalue weighted by Gasteiger charge is 2.28. The van der Waals surface area contributed by atoms with Crippen LogP contribution in [0.1, 0.15) is 18.9 Å². The van der Waals surface area contributed by atoms with Gasteiger partial charge in [0.15, 0.2) is 0 Å². The molecule has 4 heteroatoms. The minimum atomic E-state index is -0.0426. The van der Waals surface area contributed by atoms with E-state index in [0.29, 0.717) is 19.1 Å². The van der Waals surface area contributed by atoms with Gasteiger partial charge in [-0.05, 0) is 43.5 Å². The summed E-state index contributed by atoms with van der Waals surface area (Å²) in [6.45, 7) is 6.10. The maximum absolute atomic E-state index is 11.9. The van der Waals surface area contributed by atoms with E-state index in [1.807, 2.05) is 31.2 Å². The minimum absolute atomic E-state index is 0.0426. The Hall–Kier alpha value is -1.55. The highest BCUT2D eigenvalue weighted by Crippen LogP contribution is 2.14. The van der Waals surface area contributed by atoms with Gasteiger partial charge < -0.3 is 15.4 Å². The molecule has 2 unspecified atom stereocenters. The Morgan fingerprint density at radius 3 is 3.05 bits per heavy atom. The summed E-state index contributed by atoms with van der Waals surface area (Å²) in [6.07, 6.45) is 1.07. The van der Waals surface area contributed by atoms with Crippen LogP contribution in [0.4, 0.5) is 0 Å². The molecule has 0 saturated carbocycles. The molecule has 1 heterocycles. The van der Waals surface area contributed by atoms with Crippen molar-refractivity contribution in [2.24, 2.45) is 5.92 Å². The SMILES string of the molecule is Cc1cccc(OCCNC(=O)C2NCCC2C)c1. The van der Waals surface area contributed by atoms with E-state index in [4.69, 9.17) is 4.74 Å². The van der Waals surface area contributed by atoms with E-state index in [1.54, 1.807) is 0 Å². The first kappa shape index (κ1) is 13.9. The van der Waals surface area contributed by atoms with Gasteiger partial charge in [0.1, 0.15) is 12.4 Å². The lowest BCUT2D eigenvalue weighted by Gasteiger charge is -2.15. The lowest BCUT2D eigenvalue weighted by molar-refractivity contribution is -0.123. The molecule has 2 N–H and O–H groups in total. The lowest BCUT2D eigenvalue weighted by Crippen LogP contribution is -2.44. The number of ether oxygens (including phenoxy) is 1. The molecule has 0 bridgehead atoms. The average Bonchev–Trinajstić information content (AvgIpc) is 2.81. The third-order valence-corrected chi connectivity index (χ3v) is 3.47. The fraction of sp³-hybridized carbons (Fsp3) is 0.533. The van der Waals surface area contributed by atoms with Crippen molar-refractivity contribution in [1.29, 1.82) is 0 Å². The Kier molecular flexibility index (Phi) is 4.80. The van der Waals surface area contributed by atoms with Crippen LogP contribution < -0.4 is 15.4 Å². The number of hydrogen-bond donors (Lipinski definition) is 2. The van der Waals surface area contributed by atoms with E-state index in [-0.39, 0.29) is 11.9 Å². The van der Waals surface area contributed by atoms with Crippen LogP contribution in [0.5, 0.6) is 5.75 Å². The molecule has 104 valence electrons. The third-order valence-electron chi connectivity index (χ3n) is 3.47. The molecule has 0 radical (unpaired) electrons. The minimum Gasteiger partial charge on any atom is -0.492 e. The van der Waals surface area contributed by atoms with Crippen molar-refractivity contribution in [3.05, 3.63) is 29.8 Å². The normalized spacial score (nSPS) is 22.2. The largest absolute Gasteiger partial charge is 0.492 e. The van der Waals surface area contributed by atoms with Crippen molar-refractivity contribution in [3.63, 3.8) is 0 Å². The number of rotatable bonds is 5. The maximum atomic E-state index is 11.9. The number of carbonyl (C=O) groups is 1. The van der Waals surface area contributed by atoms with E-state index >= 15 is 0 Å². The molecule has 1 aromatic rings. The second kappa shape index (κ2) is 6.57. The molecule has 1 aliphatic heterocycles. The van der Waals surface area contributed by atoms with E-state index in [9.17, 15) is 4.79 Å². The highest BCUT2D eigenvalue weighted by atomic mass is 16.5. The first-order chi connectivity index (χ1) is 9.16. The summed E-state index contributed by atoms with van der Waals surface area (Å²) in [6, 6.07) is 7.87. The van der Waals surface area contributed by atoms with Crippen LogP contribution in [0, 0.1) is 12.8 Å². The second-order valence-corrected chi connectivity index (χ2v) is 5.15. The number of nitrogens with one attached hydrogen (secondary N) is 2. The van der Waals surface area contributed by atoms with Gasteiger partial charge in [0.25, 0.3) is 0 Å². The van der Waals surface area contributed by atoms with Crippen molar-refractivity contribution < 1.29 is 9.53 Å². The maximum Gasteiger partial charge on any atom is 0.237 e. The molecule has 1 fully saturated rings. The zero-order valence-corrected chi connectivity index (χ0v) is 11.6. The molecule has 1 saturated heterocycles. The van der Waals surface area contributed by atoms with E-state index in [1.165, 1.54) is 5.56 Å². The Labute approximate surface area is 114 Å². The summed E-state index contributed by atoms with van der Waals surface area (Å²) >= 11 is 0. The summed E-state index contributed by atoms with van der Waals surface area (Å²) in [7, 11) is 0. The van der Waals surface area contributed by atoms with Gasteiger partial charge >= 0.3 is 0 Å². The quantitative estimate of drug-likeness (QED) is 0.790. The van der Waals surface area contributed by atoms with Crippen LogP contribution >= 0.6 is 0 Å². The molecular weight excluding hydrogens is 240 g/mol. The lowest BCUT2D eigenvalue weighted by atomic mass is 10.0. The van der Waals surface area contributed by atoms with E-state index in [0.717, 1.165) is 18.7 Å². The predicted octanol–water partition coefficient (Wildman–Crippen LogP) is 1.49. The zero-order valence-electron chi connectivity index (χ0n) is 11.6. The standard InChI is InChI=1S/C15H22N2O2/c1-11-4-3-5-13(10-11)19-9-8-17-15(18)14-12(2)6-7-16-14/h3-5,10,12,14,16H,6-9H2,1-2H3,(H,17,18). The molecule has 1 aromatic carbocycles. The highest BCUT2D eigenvalue weighted by molar-refractivity contribution is 5.82. The van der Waals surface area contributed by atoms with Crippen LogP contribution in [0.25, 0.3) is 0 Å². The van der Waals surface area contributed by atoms with Crippen molar-refractivity contribution in [3.8, 4) is 5.75 Å². The predicted molar refractivity (Wildman–Crippen MR) is 75.3 cm³/mol. The fourth-order valence-electron chi connectivity index (χ4n) is 2.34. The van der Waals surface area contributed by atoms with Crippen molar-refractivity contribution >= 4 is 5.91 Å². The smallest absolute Gasteiger partial charge is 0.237 e. The molecular formula is C15H22N2O2. The summed E-state index contributed by atoms with van der Waals surface area (Å²) in [5.41, 5.74) is 1.17. The average molecular weight is 262 g/mol. The van der Waals surface area contributed by atoms with Gasteiger partial charge in [0, 0.05) is 0 Å². The van der Waals surface area contributed by atoms with Gasteiger partial charge in [-0.2, -0.15) is 0 Å². The van der Waals surface area contributed by atoms with Crippen LogP contribution in [0.2, 0.25) is 0 Å². The van der Waals surface area contributed by atoms with E-state index in [2.05, 4.69) is 17.6 Å². The summed E-state index contributed by atoms with van der Waals surface area (Å²) in [5.74, 6) is 1.34. The topological polar surface area (TPSA) is 50.4 Å². The van der Waals surface area contributed by atoms with Crippen LogP contribution in [-0.2, 0) is 4.79 Å². The number of amides is 1. The molecule has 0 spiro atoms. The Morgan fingerprint density at radius 2 is 2.37 bits per heavy atom. The monoisotopic (exact) mass is 262 g/mol. The van der Waals surface area contributed by atoms with Crippen molar-refractivity contribution in [2.45, 2.75) is 26.3 Å². The zero-order chi connectivity index (χ0) is 13.7. The van der Waals surface area contributed by atoms with Crippen LogP contribution in [0.3, 0.4) is 0 Å². The Balaban J connectivity index is 1.68. The van der Waals surface area contributed by atoms with Crippen LogP contribution in [0.15, 0.2) is 24.3 Å². The molecule has 2 atom stereocenters. The van der Waals surface area contributed by atoms with Crippen molar-refractivity contribution in [2.75, 3.05) is 19.7 Å².